The SMILES string of the molecule is Cc1ccc(S(=O)(=O)Nc2ccc3c(c2)S(=O)(=O)C=C3)cc1Cl. The number of rotatable bonds is 3. The molecular formula is C15H12ClNO4S2. The first-order valence-electron chi connectivity index (χ1n) is 6.55. The topological polar surface area (TPSA) is 80.3 Å². The zero-order valence-corrected chi connectivity index (χ0v) is 14.3. The van der Waals surface area contributed by atoms with Crippen LogP contribution < -0.4 is 4.72 Å². The normalized spacial score (nSPS) is 15.4. The molecule has 1 aliphatic heterocycles. The number of anilines is 1. The molecule has 0 spiro atoms. The van der Waals surface area contributed by atoms with Gasteiger partial charge in [0.25, 0.3) is 10.0 Å². The molecule has 0 unspecified atom stereocenters. The lowest BCUT2D eigenvalue weighted by Gasteiger charge is -2.10. The minimum atomic E-state index is -3.86. The Morgan fingerprint density at radius 3 is 2.52 bits per heavy atom. The van der Waals surface area contributed by atoms with Crippen LogP contribution in [0.5, 0.6) is 0 Å². The van der Waals surface area contributed by atoms with Gasteiger partial charge in [0.2, 0.25) is 9.84 Å². The van der Waals surface area contributed by atoms with Crippen molar-refractivity contribution in [2.45, 2.75) is 16.7 Å². The van der Waals surface area contributed by atoms with Crippen molar-refractivity contribution in [1.29, 1.82) is 0 Å². The van der Waals surface area contributed by atoms with Gasteiger partial charge >= 0.3 is 0 Å². The largest absolute Gasteiger partial charge is 0.280 e. The minimum Gasteiger partial charge on any atom is -0.280 e. The van der Waals surface area contributed by atoms with Crippen molar-refractivity contribution in [3.05, 3.63) is 58.0 Å². The third kappa shape index (κ3) is 2.99. The van der Waals surface area contributed by atoms with Crippen LogP contribution in [0.15, 0.2) is 51.6 Å². The Bertz CT molecular complexity index is 1040. The number of nitrogens with one attached hydrogen (secondary N) is 1. The second kappa shape index (κ2) is 5.36. The van der Waals surface area contributed by atoms with Crippen molar-refractivity contribution in [1.82, 2.24) is 0 Å². The van der Waals surface area contributed by atoms with Gasteiger partial charge in [0.15, 0.2) is 0 Å². The summed E-state index contributed by atoms with van der Waals surface area (Å²) in [6.45, 7) is 1.77. The molecular weight excluding hydrogens is 358 g/mol. The highest BCUT2D eigenvalue weighted by molar-refractivity contribution is 7.95. The van der Waals surface area contributed by atoms with E-state index in [0.29, 0.717) is 10.6 Å². The number of sulfonamides is 1. The third-order valence-electron chi connectivity index (χ3n) is 3.45. The number of fused-ring (bicyclic) bond motifs is 1. The molecule has 1 heterocycles. The fourth-order valence-electron chi connectivity index (χ4n) is 2.17. The molecule has 0 saturated heterocycles. The predicted molar refractivity (Wildman–Crippen MR) is 89.7 cm³/mol. The van der Waals surface area contributed by atoms with E-state index in [0.717, 1.165) is 11.0 Å². The first-order chi connectivity index (χ1) is 10.7. The molecule has 2 aromatic carbocycles. The van der Waals surface area contributed by atoms with Crippen LogP contribution in [0.4, 0.5) is 5.69 Å². The first-order valence-corrected chi connectivity index (χ1v) is 9.96. The maximum absolute atomic E-state index is 12.4. The summed E-state index contributed by atoms with van der Waals surface area (Å²) >= 11 is 5.96. The Morgan fingerprint density at radius 1 is 1.09 bits per heavy atom. The van der Waals surface area contributed by atoms with Crippen LogP contribution in [-0.4, -0.2) is 16.8 Å². The van der Waals surface area contributed by atoms with Crippen LogP contribution in [0.25, 0.3) is 6.08 Å². The predicted octanol–water partition coefficient (Wildman–Crippen LogP) is 3.21. The maximum Gasteiger partial charge on any atom is 0.261 e. The summed E-state index contributed by atoms with van der Waals surface area (Å²) in [4.78, 5) is 0.0919. The van der Waals surface area contributed by atoms with E-state index in [1.54, 1.807) is 19.1 Å². The average molecular weight is 370 g/mol. The molecule has 1 N–H and O–H groups in total. The number of benzene rings is 2. The number of aryl methyl sites for hydroxylation is 1. The summed E-state index contributed by atoms with van der Waals surface area (Å²) in [5.74, 6) is 0. The molecule has 3 rings (SSSR count). The molecule has 8 heteroatoms. The Kier molecular flexibility index (Phi) is 3.74. The molecule has 0 amide bonds. The van der Waals surface area contributed by atoms with Crippen LogP contribution in [0.3, 0.4) is 0 Å². The summed E-state index contributed by atoms with van der Waals surface area (Å²) in [7, 11) is -7.35. The number of hydrogen-bond acceptors (Lipinski definition) is 4. The van der Waals surface area contributed by atoms with E-state index >= 15 is 0 Å². The van der Waals surface area contributed by atoms with Crippen molar-refractivity contribution in [2.24, 2.45) is 0 Å². The summed E-state index contributed by atoms with van der Waals surface area (Å²) in [5.41, 5.74) is 1.47. The Hall–Kier alpha value is -1.83. The average Bonchev–Trinajstić information content (AvgIpc) is 2.77. The van der Waals surface area contributed by atoms with Gasteiger partial charge in [0.1, 0.15) is 0 Å². The Morgan fingerprint density at radius 2 is 1.83 bits per heavy atom. The van der Waals surface area contributed by atoms with Gasteiger partial charge in [-0.15, -0.1) is 0 Å². The van der Waals surface area contributed by atoms with Gasteiger partial charge in [-0.25, -0.2) is 16.8 Å². The smallest absolute Gasteiger partial charge is 0.261 e. The molecule has 23 heavy (non-hydrogen) atoms. The lowest BCUT2D eigenvalue weighted by Crippen LogP contribution is -2.13. The van der Waals surface area contributed by atoms with E-state index < -0.39 is 19.9 Å². The Balaban J connectivity index is 1.98. The van der Waals surface area contributed by atoms with Gasteiger partial charge in [0.05, 0.1) is 15.5 Å². The molecule has 120 valence electrons. The number of hydrogen-bond donors (Lipinski definition) is 1. The molecule has 0 saturated carbocycles. The van der Waals surface area contributed by atoms with Crippen molar-refractivity contribution < 1.29 is 16.8 Å². The fraction of sp³-hybridized carbons (Fsp3) is 0.0667. The van der Waals surface area contributed by atoms with Crippen molar-refractivity contribution >= 4 is 43.2 Å². The van der Waals surface area contributed by atoms with Crippen molar-refractivity contribution in [2.75, 3.05) is 4.72 Å². The minimum absolute atomic E-state index is 0.00887. The highest BCUT2D eigenvalue weighted by atomic mass is 35.5. The summed E-state index contributed by atoms with van der Waals surface area (Å²) in [6, 6.07) is 8.76. The molecule has 0 aliphatic carbocycles. The first kappa shape index (κ1) is 16.0. The van der Waals surface area contributed by atoms with Crippen LogP contribution in [0.2, 0.25) is 5.02 Å². The molecule has 0 radical (unpaired) electrons. The third-order valence-corrected chi connectivity index (χ3v) is 6.70. The molecule has 0 fully saturated rings. The summed E-state index contributed by atoms with van der Waals surface area (Å²) in [6.07, 6.45) is 1.47. The van der Waals surface area contributed by atoms with E-state index in [1.807, 2.05) is 0 Å². The molecule has 0 aromatic heterocycles. The van der Waals surface area contributed by atoms with Gasteiger partial charge in [-0.3, -0.25) is 4.72 Å². The Labute approximate surface area is 139 Å². The van der Waals surface area contributed by atoms with Gasteiger partial charge in [-0.05, 0) is 48.4 Å². The van der Waals surface area contributed by atoms with Crippen molar-refractivity contribution in [3.63, 3.8) is 0 Å². The van der Waals surface area contributed by atoms with Crippen LogP contribution in [0.1, 0.15) is 11.1 Å². The summed E-state index contributed by atoms with van der Waals surface area (Å²) < 4.78 is 50.8. The molecule has 0 atom stereocenters. The van der Waals surface area contributed by atoms with Crippen LogP contribution in [-0.2, 0) is 19.9 Å². The molecule has 1 aliphatic rings. The van der Waals surface area contributed by atoms with Gasteiger partial charge < -0.3 is 0 Å². The highest BCUT2D eigenvalue weighted by Gasteiger charge is 2.22. The quantitative estimate of drug-likeness (QED) is 0.900. The standard InChI is InChI=1S/C15H12ClNO4S2/c1-10-2-5-13(9-14(10)16)23(20,21)17-12-4-3-11-6-7-22(18,19)15(11)8-12/h2-9,17H,1H3. The van der Waals surface area contributed by atoms with Gasteiger partial charge in [-0.2, -0.15) is 0 Å². The van der Waals surface area contributed by atoms with Crippen LogP contribution >= 0.6 is 11.6 Å². The highest BCUT2D eigenvalue weighted by Crippen LogP contribution is 2.30. The molecule has 2 aromatic rings. The monoisotopic (exact) mass is 369 g/mol. The second-order valence-corrected chi connectivity index (χ2v) is 9.01. The fourth-order valence-corrected chi connectivity index (χ4v) is 4.72. The van der Waals surface area contributed by atoms with Crippen molar-refractivity contribution in [3.8, 4) is 0 Å². The van der Waals surface area contributed by atoms with E-state index in [-0.39, 0.29) is 15.5 Å². The lowest BCUT2D eigenvalue weighted by molar-refractivity contribution is 0.600. The van der Waals surface area contributed by atoms with E-state index in [1.165, 1.54) is 30.3 Å². The van der Waals surface area contributed by atoms with Gasteiger partial charge in [0, 0.05) is 10.4 Å². The molecule has 5 nitrogen and oxygen atoms in total. The zero-order valence-electron chi connectivity index (χ0n) is 11.9. The van der Waals surface area contributed by atoms with E-state index in [2.05, 4.69) is 4.72 Å². The summed E-state index contributed by atoms with van der Waals surface area (Å²) in [5, 5.41) is 1.43. The van der Waals surface area contributed by atoms with Gasteiger partial charge in [-0.1, -0.05) is 23.7 Å². The maximum atomic E-state index is 12.4. The van der Waals surface area contributed by atoms with E-state index in [9.17, 15) is 16.8 Å². The van der Waals surface area contributed by atoms with Crippen LogP contribution in [0, 0.1) is 6.92 Å². The van der Waals surface area contributed by atoms with E-state index in [4.69, 9.17) is 11.6 Å². The number of sulfone groups is 1. The molecule has 0 bridgehead atoms. The second-order valence-electron chi connectivity index (χ2n) is 5.12. The lowest BCUT2D eigenvalue weighted by atomic mass is 10.2. The zero-order chi connectivity index (χ0) is 16.8. The number of halogens is 1.